The third kappa shape index (κ3) is 4.29. The molecule has 0 aliphatic heterocycles. The molecular weight excluding hydrogens is 356 g/mol. The molecule has 1 heterocycles. The second-order valence-electron chi connectivity index (χ2n) is 5.91. The van der Waals surface area contributed by atoms with E-state index in [1.165, 1.54) is 0 Å². The van der Waals surface area contributed by atoms with Crippen molar-refractivity contribution in [3.05, 3.63) is 84.8 Å². The molecule has 1 aromatic heterocycles. The minimum atomic E-state index is 0.176. The Bertz CT molecular complexity index is 1030. The Kier molecular flexibility index (Phi) is 5.20. The van der Waals surface area contributed by atoms with E-state index in [2.05, 4.69) is 10.2 Å². The number of para-hydroxylation sites is 1. The number of nitrogens with zero attached hydrogens (tertiary/aromatic N) is 2. The van der Waals surface area contributed by atoms with Gasteiger partial charge in [-0.25, -0.2) is 0 Å². The molecule has 0 aliphatic carbocycles. The van der Waals surface area contributed by atoms with Crippen molar-refractivity contribution >= 4 is 0 Å². The van der Waals surface area contributed by atoms with E-state index in [-0.39, 0.29) is 6.61 Å². The molecule has 0 amide bonds. The fourth-order valence-corrected chi connectivity index (χ4v) is 2.56. The highest BCUT2D eigenvalue weighted by atomic mass is 16.5. The van der Waals surface area contributed by atoms with Crippen molar-refractivity contribution in [3.63, 3.8) is 0 Å². The summed E-state index contributed by atoms with van der Waals surface area (Å²) in [5.74, 6) is 3.74. The Labute approximate surface area is 162 Å². The second kappa shape index (κ2) is 8.26. The van der Waals surface area contributed by atoms with Crippen molar-refractivity contribution in [1.82, 2.24) is 10.2 Å². The van der Waals surface area contributed by atoms with Gasteiger partial charge in [0.25, 0.3) is 5.89 Å². The van der Waals surface area contributed by atoms with Crippen molar-refractivity contribution < 1.29 is 18.6 Å². The molecule has 4 rings (SSSR count). The highest BCUT2D eigenvalue weighted by molar-refractivity contribution is 5.55. The first-order valence-corrected chi connectivity index (χ1v) is 8.73. The van der Waals surface area contributed by atoms with Crippen LogP contribution in [0.5, 0.6) is 23.0 Å². The topological polar surface area (TPSA) is 66.6 Å². The molecular formula is C22H18N2O4. The largest absolute Gasteiger partial charge is 0.497 e. The van der Waals surface area contributed by atoms with Gasteiger partial charge in [0.1, 0.15) is 23.0 Å². The Morgan fingerprint density at radius 2 is 1.46 bits per heavy atom. The zero-order valence-corrected chi connectivity index (χ0v) is 15.2. The van der Waals surface area contributed by atoms with E-state index in [1.807, 2.05) is 78.9 Å². The van der Waals surface area contributed by atoms with Gasteiger partial charge in [-0.05, 0) is 54.6 Å². The number of hydrogen-bond acceptors (Lipinski definition) is 6. The molecule has 140 valence electrons. The molecule has 0 atom stereocenters. The minimum absolute atomic E-state index is 0.176. The predicted octanol–water partition coefficient (Wildman–Crippen LogP) is 5.12. The predicted molar refractivity (Wildman–Crippen MR) is 104 cm³/mol. The Balaban J connectivity index is 1.36. The van der Waals surface area contributed by atoms with Crippen LogP contribution in [0, 0.1) is 0 Å². The maximum Gasteiger partial charge on any atom is 0.254 e. The van der Waals surface area contributed by atoms with Crippen molar-refractivity contribution in [2.45, 2.75) is 6.61 Å². The van der Waals surface area contributed by atoms with E-state index in [1.54, 1.807) is 7.11 Å². The van der Waals surface area contributed by atoms with E-state index >= 15 is 0 Å². The van der Waals surface area contributed by atoms with Crippen LogP contribution in [0.15, 0.2) is 83.3 Å². The minimum Gasteiger partial charge on any atom is -0.497 e. The van der Waals surface area contributed by atoms with E-state index < -0.39 is 0 Å². The molecule has 0 aliphatic rings. The molecule has 0 radical (unpaired) electrons. The van der Waals surface area contributed by atoms with Crippen molar-refractivity contribution in [1.29, 1.82) is 0 Å². The molecule has 0 unspecified atom stereocenters. The molecule has 0 fully saturated rings. The first kappa shape index (κ1) is 17.6. The zero-order chi connectivity index (χ0) is 19.2. The summed E-state index contributed by atoms with van der Waals surface area (Å²) in [4.78, 5) is 0. The van der Waals surface area contributed by atoms with Crippen LogP contribution in [0.25, 0.3) is 11.5 Å². The summed E-state index contributed by atoms with van der Waals surface area (Å²) < 4.78 is 22.4. The Morgan fingerprint density at radius 1 is 0.750 bits per heavy atom. The summed E-state index contributed by atoms with van der Waals surface area (Å²) in [6.07, 6.45) is 0. The van der Waals surface area contributed by atoms with Crippen LogP contribution < -0.4 is 14.2 Å². The number of aromatic nitrogens is 2. The van der Waals surface area contributed by atoms with Gasteiger partial charge in [-0.2, -0.15) is 0 Å². The SMILES string of the molecule is COc1cccc(-c2nnc(COc3ccc(Oc4ccccc4)cc3)o2)c1. The summed E-state index contributed by atoms with van der Waals surface area (Å²) >= 11 is 0. The normalized spacial score (nSPS) is 10.5. The standard InChI is InChI=1S/C22H18N2O4/c1-25-20-9-5-6-16(14-20)22-24-23-21(28-22)15-26-17-10-12-19(13-11-17)27-18-7-3-2-4-8-18/h2-14H,15H2,1H3. The highest BCUT2D eigenvalue weighted by Gasteiger charge is 2.10. The van der Waals surface area contributed by atoms with Crippen molar-refractivity contribution in [3.8, 4) is 34.5 Å². The van der Waals surface area contributed by atoms with Gasteiger partial charge in [-0.15, -0.1) is 10.2 Å². The van der Waals surface area contributed by atoms with Crippen LogP contribution in [-0.4, -0.2) is 17.3 Å². The van der Waals surface area contributed by atoms with E-state index in [0.29, 0.717) is 17.5 Å². The van der Waals surface area contributed by atoms with Gasteiger partial charge in [0.05, 0.1) is 7.11 Å². The number of methoxy groups -OCH3 is 1. The van der Waals surface area contributed by atoms with Crippen molar-refractivity contribution in [2.24, 2.45) is 0 Å². The summed E-state index contributed by atoms with van der Waals surface area (Å²) in [6, 6.07) is 24.4. The lowest BCUT2D eigenvalue weighted by molar-refractivity contribution is 0.264. The highest BCUT2D eigenvalue weighted by Crippen LogP contribution is 2.25. The smallest absolute Gasteiger partial charge is 0.254 e. The average molecular weight is 374 g/mol. The number of rotatable bonds is 7. The Hall–Kier alpha value is -3.80. The summed E-state index contributed by atoms with van der Waals surface area (Å²) in [5.41, 5.74) is 0.792. The molecule has 0 spiro atoms. The van der Waals surface area contributed by atoms with Crippen LogP contribution in [0.3, 0.4) is 0 Å². The van der Waals surface area contributed by atoms with Gasteiger partial charge in [0.2, 0.25) is 5.89 Å². The monoisotopic (exact) mass is 374 g/mol. The van der Waals surface area contributed by atoms with Crippen LogP contribution >= 0.6 is 0 Å². The number of hydrogen-bond donors (Lipinski definition) is 0. The van der Waals surface area contributed by atoms with E-state index in [0.717, 1.165) is 22.8 Å². The van der Waals surface area contributed by atoms with Crippen molar-refractivity contribution in [2.75, 3.05) is 7.11 Å². The van der Waals surface area contributed by atoms with Gasteiger partial charge in [-0.1, -0.05) is 24.3 Å². The molecule has 0 saturated heterocycles. The maximum atomic E-state index is 5.76. The summed E-state index contributed by atoms with van der Waals surface area (Å²) in [5, 5.41) is 8.09. The van der Waals surface area contributed by atoms with Crippen LogP contribution in [-0.2, 0) is 6.61 Å². The lowest BCUT2D eigenvalue weighted by Crippen LogP contribution is -1.95. The van der Waals surface area contributed by atoms with Gasteiger partial charge < -0.3 is 18.6 Å². The third-order valence-electron chi connectivity index (χ3n) is 3.95. The summed E-state index contributed by atoms with van der Waals surface area (Å²) in [7, 11) is 1.61. The molecule has 4 aromatic rings. The van der Waals surface area contributed by atoms with Gasteiger partial charge >= 0.3 is 0 Å². The van der Waals surface area contributed by atoms with E-state index in [9.17, 15) is 0 Å². The van der Waals surface area contributed by atoms with Crippen LogP contribution in [0.2, 0.25) is 0 Å². The lowest BCUT2D eigenvalue weighted by atomic mass is 10.2. The fraction of sp³-hybridized carbons (Fsp3) is 0.0909. The number of benzene rings is 3. The molecule has 0 N–H and O–H groups in total. The number of ether oxygens (including phenoxy) is 3. The summed E-state index contributed by atoms with van der Waals surface area (Å²) in [6.45, 7) is 0.176. The third-order valence-corrected chi connectivity index (χ3v) is 3.95. The zero-order valence-electron chi connectivity index (χ0n) is 15.2. The van der Waals surface area contributed by atoms with Gasteiger partial charge in [0.15, 0.2) is 6.61 Å². The lowest BCUT2D eigenvalue weighted by Gasteiger charge is -2.07. The van der Waals surface area contributed by atoms with Crippen LogP contribution in [0.1, 0.15) is 5.89 Å². The molecule has 6 heteroatoms. The van der Waals surface area contributed by atoms with Crippen LogP contribution in [0.4, 0.5) is 0 Å². The molecule has 6 nitrogen and oxygen atoms in total. The molecule has 3 aromatic carbocycles. The van der Waals surface area contributed by atoms with Gasteiger partial charge in [0, 0.05) is 5.56 Å². The van der Waals surface area contributed by atoms with E-state index in [4.69, 9.17) is 18.6 Å². The average Bonchev–Trinajstić information content (AvgIpc) is 3.23. The molecule has 28 heavy (non-hydrogen) atoms. The quantitative estimate of drug-likeness (QED) is 0.447. The molecule has 0 saturated carbocycles. The van der Waals surface area contributed by atoms with Gasteiger partial charge in [-0.3, -0.25) is 0 Å². The molecule has 0 bridgehead atoms. The first-order chi connectivity index (χ1) is 13.8. The first-order valence-electron chi connectivity index (χ1n) is 8.73. The second-order valence-corrected chi connectivity index (χ2v) is 5.91. The Morgan fingerprint density at radius 3 is 2.25 bits per heavy atom. The maximum absolute atomic E-state index is 5.76. The fourth-order valence-electron chi connectivity index (χ4n) is 2.56.